The molecule has 0 aliphatic carbocycles. The summed E-state index contributed by atoms with van der Waals surface area (Å²) in [5, 5.41) is 0. The average Bonchev–Trinajstić information content (AvgIpc) is 2.30. The second kappa shape index (κ2) is 6.38. The van der Waals surface area contributed by atoms with E-state index in [0.29, 0.717) is 6.42 Å². The summed E-state index contributed by atoms with van der Waals surface area (Å²) in [6, 6.07) is 0. The fourth-order valence-electron chi connectivity index (χ4n) is 1.55. The van der Waals surface area contributed by atoms with Gasteiger partial charge in [-0.2, -0.15) is 43.9 Å². The third-order valence-electron chi connectivity index (χ3n) is 2.84. The van der Waals surface area contributed by atoms with Gasteiger partial charge in [-0.25, -0.2) is 4.39 Å². The number of unbranched alkanes of at least 4 members (excludes halogenated alkanes) is 3. The van der Waals surface area contributed by atoms with Crippen molar-refractivity contribution in [2.45, 2.75) is 62.5 Å². The molecule has 1 radical (unpaired) electrons. The predicted octanol–water partition coefficient (Wildman–Crippen LogP) is 5.87. The van der Waals surface area contributed by atoms with Crippen LogP contribution in [-0.2, 0) is 0 Å². The lowest BCUT2D eigenvalue weighted by Gasteiger charge is -2.39. The Hall–Kier alpha value is -0.770. The molecule has 0 fully saturated rings. The Kier molecular flexibility index (Phi) is 6.16. The van der Waals surface area contributed by atoms with Gasteiger partial charge in [-0.3, -0.25) is 0 Å². The molecule has 0 aliphatic heterocycles. The van der Waals surface area contributed by atoms with Crippen LogP contribution in [0.2, 0.25) is 0 Å². The molecule has 0 aliphatic rings. The maximum Gasteiger partial charge on any atom is 0.438 e. The van der Waals surface area contributed by atoms with Gasteiger partial charge in [0.2, 0.25) is 0 Å². The molecular formula is C11H12F11. The van der Waals surface area contributed by atoms with E-state index in [1.54, 1.807) is 6.92 Å². The summed E-state index contributed by atoms with van der Waals surface area (Å²) in [5.41, 5.74) is -7.36. The average molecular weight is 353 g/mol. The van der Waals surface area contributed by atoms with Gasteiger partial charge in [-0.1, -0.05) is 26.2 Å². The van der Waals surface area contributed by atoms with Crippen molar-refractivity contribution >= 4 is 0 Å². The molecule has 0 N–H and O–H groups in total. The second-order valence-corrected chi connectivity index (χ2v) is 4.55. The van der Waals surface area contributed by atoms with Crippen molar-refractivity contribution in [3.63, 3.8) is 0 Å². The van der Waals surface area contributed by atoms with Crippen molar-refractivity contribution in [1.29, 1.82) is 0 Å². The number of halogens is 11. The van der Waals surface area contributed by atoms with Crippen LogP contribution in [0.4, 0.5) is 48.3 Å². The summed E-state index contributed by atoms with van der Waals surface area (Å²) in [6.07, 6.45) is -15.6. The molecule has 0 saturated carbocycles. The fourth-order valence-corrected chi connectivity index (χ4v) is 1.55. The summed E-state index contributed by atoms with van der Waals surface area (Å²) in [4.78, 5) is 0. The maximum atomic E-state index is 13.2. The van der Waals surface area contributed by atoms with Crippen LogP contribution >= 0.6 is 0 Å². The Morgan fingerprint density at radius 3 is 1.41 bits per heavy atom. The van der Waals surface area contributed by atoms with Crippen molar-refractivity contribution in [2.75, 3.05) is 0 Å². The second-order valence-electron chi connectivity index (χ2n) is 4.55. The molecule has 0 unspecified atom stereocenters. The number of hydrogen-bond donors (Lipinski definition) is 0. The van der Waals surface area contributed by atoms with Crippen molar-refractivity contribution < 1.29 is 48.3 Å². The summed E-state index contributed by atoms with van der Waals surface area (Å²) >= 11 is 0. The quantitative estimate of drug-likeness (QED) is 0.396. The SMILES string of the molecule is CCCCC[CH]C(F)(F)C(F)(F)C(F)(C(F)(F)F)C(F)(F)F. The van der Waals surface area contributed by atoms with Crippen molar-refractivity contribution in [1.82, 2.24) is 0 Å². The monoisotopic (exact) mass is 353 g/mol. The third kappa shape index (κ3) is 3.58. The minimum atomic E-state index is -7.36. The number of rotatable bonds is 7. The Balaban J connectivity index is 5.62. The van der Waals surface area contributed by atoms with Crippen molar-refractivity contribution in [3.8, 4) is 0 Å². The summed E-state index contributed by atoms with van der Waals surface area (Å²) in [7, 11) is 0. The van der Waals surface area contributed by atoms with E-state index in [1.807, 2.05) is 0 Å². The van der Waals surface area contributed by atoms with Crippen molar-refractivity contribution in [2.24, 2.45) is 0 Å². The summed E-state index contributed by atoms with van der Waals surface area (Å²) in [6.45, 7) is 1.59. The first-order valence-corrected chi connectivity index (χ1v) is 5.98. The van der Waals surface area contributed by atoms with Crippen molar-refractivity contribution in [3.05, 3.63) is 6.42 Å². The lowest BCUT2D eigenvalue weighted by Crippen LogP contribution is -2.70. The Bertz CT molecular complexity index is 338. The van der Waals surface area contributed by atoms with E-state index < -0.39 is 42.7 Å². The molecule has 0 atom stereocenters. The molecule has 0 bridgehead atoms. The zero-order chi connectivity index (χ0) is 18.0. The molecular weight excluding hydrogens is 341 g/mol. The van der Waals surface area contributed by atoms with Gasteiger partial charge in [-0.05, 0) is 6.42 Å². The lowest BCUT2D eigenvalue weighted by atomic mass is 9.88. The molecule has 0 rings (SSSR count). The highest BCUT2D eigenvalue weighted by Gasteiger charge is 2.89. The summed E-state index contributed by atoms with van der Waals surface area (Å²) < 4.78 is 139. The van der Waals surface area contributed by atoms with Crippen LogP contribution in [0.3, 0.4) is 0 Å². The molecule has 0 amide bonds. The van der Waals surface area contributed by atoms with Gasteiger partial charge in [0.1, 0.15) is 0 Å². The highest BCUT2D eigenvalue weighted by Crippen LogP contribution is 2.59. The first kappa shape index (κ1) is 21.2. The van der Waals surface area contributed by atoms with Crippen LogP contribution in [0.25, 0.3) is 0 Å². The maximum absolute atomic E-state index is 13.2. The van der Waals surface area contributed by atoms with Crippen LogP contribution in [0.5, 0.6) is 0 Å². The molecule has 0 aromatic rings. The molecule has 11 heteroatoms. The highest BCUT2D eigenvalue weighted by molar-refractivity contribution is 5.14. The summed E-state index contributed by atoms with van der Waals surface area (Å²) in [5.74, 6) is -13.0. The zero-order valence-electron chi connectivity index (χ0n) is 11.1. The van der Waals surface area contributed by atoms with E-state index in [0.717, 1.165) is 0 Å². The van der Waals surface area contributed by atoms with Gasteiger partial charge in [-0.15, -0.1) is 0 Å². The molecule has 0 aromatic carbocycles. The van der Waals surface area contributed by atoms with E-state index >= 15 is 0 Å². The molecule has 0 saturated heterocycles. The minimum Gasteiger partial charge on any atom is -0.216 e. The van der Waals surface area contributed by atoms with E-state index in [9.17, 15) is 48.3 Å². The van der Waals surface area contributed by atoms with E-state index in [2.05, 4.69) is 0 Å². The molecule has 0 nitrogen and oxygen atoms in total. The first-order chi connectivity index (χ1) is 9.56. The van der Waals surface area contributed by atoms with Crippen LogP contribution in [0.15, 0.2) is 0 Å². The van der Waals surface area contributed by atoms with Crippen LogP contribution in [0.1, 0.15) is 32.6 Å². The molecule has 0 aromatic heterocycles. The van der Waals surface area contributed by atoms with E-state index in [1.165, 1.54) is 0 Å². The van der Waals surface area contributed by atoms with Gasteiger partial charge >= 0.3 is 29.9 Å². The van der Waals surface area contributed by atoms with E-state index in [4.69, 9.17) is 0 Å². The zero-order valence-corrected chi connectivity index (χ0v) is 11.1. The van der Waals surface area contributed by atoms with Crippen LogP contribution in [0, 0.1) is 6.42 Å². The van der Waals surface area contributed by atoms with Crippen LogP contribution in [-0.4, -0.2) is 29.9 Å². The van der Waals surface area contributed by atoms with E-state index in [-0.39, 0.29) is 12.8 Å². The van der Waals surface area contributed by atoms with Gasteiger partial charge < -0.3 is 0 Å². The number of hydrogen-bond acceptors (Lipinski definition) is 0. The topological polar surface area (TPSA) is 0 Å². The molecule has 133 valence electrons. The third-order valence-corrected chi connectivity index (χ3v) is 2.84. The van der Waals surface area contributed by atoms with Gasteiger partial charge in [0.15, 0.2) is 0 Å². The molecule has 0 heterocycles. The van der Waals surface area contributed by atoms with Gasteiger partial charge in [0, 0.05) is 6.42 Å². The Morgan fingerprint density at radius 2 is 1.09 bits per heavy atom. The fraction of sp³-hybridized carbons (Fsp3) is 0.909. The van der Waals surface area contributed by atoms with Crippen LogP contribution < -0.4 is 0 Å². The minimum absolute atomic E-state index is 0.167. The smallest absolute Gasteiger partial charge is 0.216 e. The molecule has 0 spiro atoms. The Labute approximate surface area is 118 Å². The predicted molar refractivity (Wildman–Crippen MR) is 54.3 cm³/mol. The standard InChI is InChI=1S/C11H12F11/c1-2-3-4-5-6-7(12,13)9(15,16)8(14,10(17,18)19)11(20,21)22/h6H,2-5H2,1H3. The number of alkyl halides is 11. The lowest BCUT2D eigenvalue weighted by molar-refractivity contribution is -0.422. The largest absolute Gasteiger partial charge is 0.438 e. The Morgan fingerprint density at radius 1 is 0.682 bits per heavy atom. The normalized spacial score (nSPS) is 15.3. The highest BCUT2D eigenvalue weighted by atomic mass is 19.4. The first-order valence-electron chi connectivity index (χ1n) is 5.98. The molecule has 22 heavy (non-hydrogen) atoms. The van der Waals surface area contributed by atoms with Gasteiger partial charge in [0.25, 0.3) is 0 Å². The van der Waals surface area contributed by atoms with Gasteiger partial charge in [0.05, 0.1) is 0 Å².